The Hall–Kier alpha value is -2.96. The maximum absolute atomic E-state index is 11.8. The molecule has 2 N–H and O–H groups in total. The minimum absolute atomic E-state index is 0.126. The van der Waals surface area contributed by atoms with Crippen LogP contribution >= 0.6 is 0 Å². The molecule has 0 aliphatic carbocycles. The Morgan fingerprint density at radius 2 is 1.88 bits per heavy atom. The zero-order valence-corrected chi connectivity index (χ0v) is 14.5. The molecule has 0 bridgehead atoms. The smallest absolute Gasteiger partial charge is 0.257 e. The van der Waals surface area contributed by atoms with E-state index in [-0.39, 0.29) is 23.7 Å². The number of pyridine rings is 1. The van der Waals surface area contributed by atoms with Crippen molar-refractivity contribution in [3.8, 4) is 17.2 Å². The van der Waals surface area contributed by atoms with Crippen molar-refractivity contribution in [2.45, 2.75) is 13.3 Å². The first kappa shape index (κ1) is 18.4. The van der Waals surface area contributed by atoms with E-state index in [1.165, 1.54) is 12.3 Å². The van der Waals surface area contributed by atoms with E-state index in [1.54, 1.807) is 21.1 Å². The number of carbonyl (C=O) groups is 1. The maximum Gasteiger partial charge on any atom is 0.257 e. The molecule has 0 atom stereocenters. The van der Waals surface area contributed by atoms with Crippen LogP contribution in [-0.2, 0) is 11.2 Å². The number of hydrogen-bond acceptors (Lipinski definition) is 5. The summed E-state index contributed by atoms with van der Waals surface area (Å²) in [6.45, 7) is 2.01. The average molecular weight is 346 g/mol. The third kappa shape index (κ3) is 5.27. The zero-order valence-electron chi connectivity index (χ0n) is 14.5. The highest BCUT2D eigenvalue weighted by Gasteiger charge is 2.07. The highest BCUT2D eigenvalue weighted by Crippen LogP contribution is 2.27. The molecule has 0 aliphatic rings. The third-order valence-corrected chi connectivity index (χ3v) is 3.56. The van der Waals surface area contributed by atoms with Crippen molar-refractivity contribution >= 4 is 5.91 Å². The summed E-state index contributed by atoms with van der Waals surface area (Å²) in [6, 6.07) is 7.02. The number of aromatic amines is 1. The molecule has 0 saturated heterocycles. The molecule has 1 aromatic carbocycles. The van der Waals surface area contributed by atoms with E-state index >= 15 is 0 Å². The molecule has 0 aliphatic heterocycles. The molecule has 1 heterocycles. The lowest BCUT2D eigenvalue weighted by atomic mass is 10.1. The zero-order chi connectivity index (χ0) is 18.2. The van der Waals surface area contributed by atoms with Gasteiger partial charge in [-0.25, -0.2) is 0 Å². The summed E-state index contributed by atoms with van der Waals surface area (Å²) >= 11 is 0. The summed E-state index contributed by atoms with van der Waals surface area (Å²) in [5.41, 5.74) is 1.49. The molecule has 25 heavy (non-hydrogen) atoms. The Morgan fingerprint density at radius 1 is 1.12 bits per heavy atom. The first-order chi connectivity index (χ1) is 12.0. The van der Waals surface area contributed by atoms with E-state index in [0.717, 1.165) is 11.3 Å². The van der Waals surface area contributed by atoms with E-state index < -0.39 is 0 Å². The highest BCUT2D eigenvalue weighted by molar-refractivity contribution is 5.77. The molecular weight excluding hydrogens is 324 g/mol. The number of carbonyl (C=O) groups excluding carboxylic acids is 1. The molecular formula is C18H22N2O5. The monoisotopic (exact) mass is 346 g/mol. The number of aryl methyl sites for hydroxylation is 1. The van der Waals surface area contributed by atoms with Gasteiger partial charge in [0.1, 0.15) is 0 Å². The number of amides is 1. The molecule has 0 saturated carbocycles. The van der Waals surface area contributed by atoms with Crippen LogP contribution in [0.3, 0.4) is 0 Å². The lowest BCUT2D eigenvalue weighted by Gasteiger charge is -2.10. The molecule has 1 aromatic heterocycles. The van der Waals surface area contributed by atoms with Crippen LogP contribution in [0.5, 0.6) is 17.2 Å². The normalized spacial score (nSPS) is 10.2. The second-order valence-electron chi connectivity index (χ2n) is 5.42. The number of hydrogen-bond donors (Lipinski definition) is 2. The van der Waals surface area contributed by atoms with Gasteiger partial charge >= 0.3 is 0 Å². The van der Waals surface area contributed by atoms with Crippen molar-refractivity contribution in [1.29, 1.82) is 0 Å². The summed E-state index contributed by atoms with van der Waals surface area (Å²) in [5.74, 6) is 1.14. The summed E-state index contributed by atoms with van der Waals surface area (Å²) in [4.78, 5) is 26.4. The van der Waals surface area contributed by atoms with Crippen LogP contribution in [-0.4, -0.2) is 38.3 Å². The first-order valence-electron chi connectivity index (χ1n) is 7.83. The second-order valence-corrected chi connectivity index (χ2v) is 5.42. The number of methoxy groups -OCH3 is 2. The van der Waals surface area contributed by atoms with Crippen molar-refractivity contribution in [3.05, 3.63) is 51.9 Å². The van der Waals surface area contributed by atoms with Gasteiger partial charge in [-0.2, -0.15) is 0 Å². The van der Waals surface area contributed by atoms with Crippen molar-refractivity contribution in [3.63, 3.8) is 0 Å². The minimum atomic E-state index is -0.291. The number of aromatic nitrogens is 1. The predicted molar refractivity (Wildman–Crippen MR) is 93.6 cm³/mol. The quantitative estimate of drug-likeness (QED) is 0.755. The Kier molecular flexibility index (Phi) is 6.45. The van der Waals surface area contributed by atoms with E-state index in [0.29, 0.717) is 24.5 Å². The van der Waals surface area contributed by atoms with Gasteiger partial charge in [-0.3, -0.25) is 9.59 Å². The van der Waals surface area contributed by atoms with Gasteiger partial charge < -0.3 is 24.5 Å². The minimum Gasteiger partial charge on any atom is -0.493 e. The third-order valence-electron chi connectivity index (χ3n) is 3.56. The molecule has 0 spiro atoms. The Labute approximate surface area is 145 Å². The predicted octanol–water partition coefficient (Wildman–Crippen LogP) is 1.44. The first-order valence-corrected chi connectivity index (χ1v) is 7.83. The number of benzene rings is 1. The number of nitrogens with one attached hydrogen (secondary N) is 2. The fourth-order valence-electron chi connectivity index (χ4n) is 2.25. The van der Waals surface area contributed by atoms with Gasteiger partial charge in [0.25, 0.3) is 5.91 Å². The van der Waals surface area contributed by atoms with Gasteiger partial charge in [0, 0.05) is 24.5 Å². The molecule has 134 valence electrons. The van der Waals surface area contributed by atoms with Gasteiger partial charge in [0.15, 0.2) is 23.9 Å². The van der Waals surface area contributed by atoms with Crippen LogP contribution in [0.4, 0.5) is 0 Å². The summed E-state index contributed by atoms with van der Waals surface area (Å²) in [5, 5.41) is 2.75. The van der Waals surface area contributed by atoms with E-state index in [4.69, 9.17) is 14.2 Å². The fourth-order valence-corrected chi connectivity index (χ4v) is 2.25. The van der Waals surface area contributed by atoms with Gasteiger partial charge in [0.05, 0.1) is 14.2 Å². The lowest BCUT2D eigenvalue weighted by Crippen LogP contribution is -2.31. The van der Waals surface area contributed by atoms with E-state index in [9.17, 15) is 9.59 Å². The molecule has 2 aromatic rings. The summed E-state index contributed by atoms with van der Waals surface area (Å²) < 4.78 is 15.7. The van der Waals surface area contributed by atoms with Crippen LogP contribution < -0.4 is 25.0 Å². The molecule has 7 heteroatoms. The molecule has 0 fully saturated rings. The lowest BCUT2D eigenvalue weighted by molar-refractivity contribution is -0.123. The van der Waals surface area contributed by atoms with Crippen LogP contribution in [0.25, 0.3) is 0 Å². The van der Waals surface area contributed by atoms with Gasteiger partial charge in [0.2, 0.25) is 5.43 Å². The van der Waals surface area contributed by atoms with Crippen LogP contribution in [0.15, 0.2) is 35.3 Å². The van der Waals surface area contributed by atoms with Crippen LogP contribution in [0.1, 0.15) is 11.3 Å². The topological polar surface area (TPSA) is 89.7 Å². The Balaban J connectivity index is 1.79. The average Bonchev–Trinajstić information content (AvgIpc) is 2.60. The van der Waals surface area contributed by atoms with Gasteiger partial charge in [-0.05, 0) is 31.0 Å². The van der Waals surface area contributed by atoms with Crippen molar-refractivity contribution in [1.82, 2.24) is 10.3 Å². The Morgan fingerprint density at radius 3 is 2.56 bits per heavy atom. The summed E-state index contributed by atoms with van der Waals surface area (Å²) in [7, 11) is 3.16. The van der Waals surface area contributed by atoms with Crippen molar-refractivity contribution < 1.29 is 19.0 Å². The summed E-state index contributed by atoms with van der Waals surface area (Å²) in [6.07, 6.45) is 2.09. The number of ether oxygens (including phenoxy) is 3. The number of H-pyrrole nitrogens is 1. The highest BCUT2D eigenvalue weighted by atomic mass is 16.5. The maximum atomic E-state index is 11.8. The Bertz CT molecular complexity index is 785. The standard InChI is InChI=1S/C18H22N2O5/c1-12-8-14(21)17(10-20-12)25-11-18(22)19-7-6-13-4-5-15(23-2)16(9-13)24-3/h4-5,8-10H,6-7,11H2,1-3H3,(H,19,22)(H,20,21). The van der Waals surface area contributed by atoms with Crippen LogP contribution in [0.2, 0.25) is 0 Å². The van der Waals surface area contributed by atoms with Crippen molar-refractivity contribution in [2.75, 3.05) is 27.4 Å². The van der Waals surface area contributed by atoms with Crippen molar-refractivity contribution in [2.24, 2.45) is 0 Å². The van der Waals surface area contributed by atoms with E-state index in [1.807, 2.05) is 18.2 Å². The molecule has 0 unspecified atom stereocenters. The fraction of sp³-hybridized carbons (Fsp3) is 0.333. The molecule has 2 rings (SSSR count). The largest absolute Gasteiger partial charge is 0.493 e. The van der Waals surface area contributed by atoms with E-state index in [2.05, 4.69) is 10.3 Å². The van der Waals surface area contributed by atoms with Crippen LogP contribution in [0, 0.1) is 6.92 Å². The molecule has 0 radical (unpaired) electrons. The SMILES string of the molecule is COc1ccc(CCNC(=O)COc2c[nH]c(C)cc2=O)cc1OC. The van der Waals surface area contributed by atoms with Gasteiger partial charge in [-0.1, -0.05) is 6.07 Å². The second kappa shape index (κ2) is 8.77. The number of rotatable bonds is 8. The molecule has 7 nitrogen and oxygen atoms in total. The van der Waals surface area contributed by atoms with Gasteiger partial charge in [-0.15, -0.1) is 0 Å². The molecule has 1 amide bonds.